The first-order valence-electron chi connectivity index (χ1n) is 10.6. The lowest BCUT2D eigenvalue weighted by Gasteiger charge is -2.18. The summed E-state index contributed by atoms with van der Waals surface area (Å²) in [6, 6.07) is -0.608. The molecule has 0 fully saturated rings. The van der Waals surface area contributed by atoms with Crippen LogP contribution in [-0.2, 0) is 14.3 Å². The maximum absolute atomic E-state index is 12.2. The molecule has 0 rings (SSSR count). The van der Waals surface area contributed by atoms with Gasteiger partial charge in [-0.25, -0.2) is 9.59 Å². The number of ether oxygens (including phenoxy) is 2. The van der Waals surface area contributed by atoms with Gasteiger partial charge in [0.2, 0.25) is 0 Å². The van der Waals surface area contributed by atoms with Crippen molar-refractivity contribution in [1.29, 1.82) is 0 Å². The number of carbonyl (C=O) groups is 2. The zero-order valence-corrected chi connectivity index (χ0v) is 17.5. The Bertz CT molecular complexity index is 358. The lowest BCUT2D eigenvalue weighted by Crippen LogP contribution is -2.42. The van der Waals surface area contributed by atoms with Crippen LogP contribution >= 0.6 is 0 Å². The third kappa shape index (κ3) is 15.0. The monoisotopic (exact) mass is 371 g/mol. The van der Waals surface area contributed by atoms with E-state index in [2.05, 4.69) is 19.2 Å². The van der Waals surface area contributed by atoms with E-state index >= 15 is 0 Å². The van der Waals surface area contributed by atoms with Gasteiger partial charge in [-0.15, -0.1) is 0 Å². The molecule has 0 spiro atoms. The van der Waals surface area contributed by atoms with Crippen LogP contribution in [0, 0.1) is 5.92 Å². The average Bonchev–Trinajstić information content (AvgIpc) is 2.61. The fourth-order valence-electron chi connectivity index (χ4n) is 2.59. The first kappa shape index (κ1) is 24.7. The van der Waals surface area contributed by atoms with Gasteiger partial charge in [0.25, 0.3) is 0 Å². The van der Waals surface area contributed by atoms with Gasteiger partial charge < -0.3 is 14.8 Å². The fraction of sp³-hybridized carbons (Fsp3) is 0.905. The summed E-state index contributed by atoms with van der Waals surface area (Å²) < 4.78 is 10.5. The smallest absolute Gasteiger partial charge is 0.407 e. The highest BCUT2D eigenvalue weighted by Gasteiger charge is 2.22. The summed E-state index contributed by atoms with van der Waals surface area (Å²) in [6.07, 6.45) is 11.5. The standard InChI is InChI=1S/C21H41NO4/c1-5-7-9-10-11-12-13-14-16-25-20(23)19(15-8-6-2)22-21(24)26-17-18(3)4/h18-19H,5-17H2,1-4H3,(H,22,24). The Balaban J connectivity index is 3.97. The van der Waals surface area contributed by atoms with Crippen molar-refractivity contribution in [3.05, 3.63) is 0 Å². The molecule has 1 atom stereocenters. The topological polar surface area (TPSA) is 64.6 Å². The number of rotatable bonds is 16. The Labute approximate surface area is 160 Å². The van der Waals surface area contributed by atoms with Gasteiger partial charge in [0.05, 0.1) is 13.2 Å². The highest BCUT2D eigenvalue weighted by molar-refractivity contribution is 5.81. The molecular weight excluding hydrogens is 330 g/mol. The second kappa shape index (κ2) is 17.2. The Morgan fingerprint density at radius 3 is 1.96 bits per heavy atom. The number of amides is 1. The number of alkyl carbamates (subject to hydrolysis) is 1. The van der Waals surface area contributed by atoms with E-state index in [-0.39, 0.29) is 11.9 Å². The van der Waals surface area contributed by atoms with Gasteiger partial charge >= 0.3 is 12.1 Å². The SMILES string of the molecule is CCCCCCCCCCOC(=O)C(CCCC)NC(=O)OCC(C)C. The van der Waals surface area contributed by atoms with Crippen LogP contribution in [0.2, 0.25) is 0 Å². The van der Waals surface area contributed by atoms with E-state index < -0.39 is 12.1 Å². The number of esters is 1. The lowest BCUT2D eigenvalue weighted by atomic mass is 10.1. The van der Waals surface area contributed by atoms with E-state index in [1.165, 1.54) is 38.5 Å². The van der Waals surface area contributed by atoms with Crippen LogP contribution in [0.15, 0.2) is 0 Å². The summed E-state index contributed by atoms with van der Waals surface area (Å²) in [6.45, 7) is 9.00. The van der Waals surface area contributed by atoms with Crippen molar-refractivity contribution in [2.24, 2.45) is 5.92 Å². The van der Waals surface area contributed by atoms with Crippen molar-refractivity contribution in [3.63, 3.8) is 0 Å². The van der Waals surface area contributed by atoms with Gasteiger partial charge in [-0.3, -0.25) is 0 Å². The summed E-state index contributed by atoms with van der Waals surface area (Å²) in [5.74, 6) is -0.0772. The predicted molar refractivity (Wildman–Crippen MR) is 106 cm³/mol. The van der Waals surface area contributed by atoms with Gasteiger partial charge in [-0.1, -0.05) is 85.5 Å². The van der Waals surface area contributed by atoms with Gasteiger partial charge in [-0.2, -0.15) is 0 Å². The van der Waals surface area contributed by atoms with E-state index in [1.807, 2.05) is 13.8 Å². The highest BCUT2D eigenvalue weighted by Crippen LogP contribution is 2.09. The van der Waals surface area contributed by atoms with Gasteiger partial charge in [0.15, 0.2) is 0 Å². The molecule has 5 heteroatoms. The summed E-state index contributed by atoms with van der Waals surface area (Å²) in [4.78, 5) is 24.0. The van der Waals surface area contributed by atoms with Crippen LogP contribution in [0.4, 0.5) is 4.79 Å². The van der Waals surface area contributed by atoms with Crippen LogP contribution < -0.4 is 5.32 Å². The molecule has 0 heterocycles. The Hall–Kier alpha value is -1.26. The maximum atomic E-state index is 12.2. The van der Waals surface area contributed by atoms with Crippen LogP contribution in [0.25, 0.3) is 0 Å². The third-order valence-electron chi connectivity index (χ3n) is 4.21. The molecule has 0 aliphatic carbocycles. The first-order valence-corrected chi connectivity index (χ1v) is 10.6. The van der Waals surface area contributed by atoms with Gasteiger partial charge in [0, 0.05) is 0 Å². The van der Waals surface area contributed by atoms with Crippen molar-refractivity contribution >= 4 is 12.1 Å². The summed E-state index contributed by atoms with van der Waals surface area (Å²) in [5, 5.41) is 2.65. The van der Waals surface area contributed by atoms with E-state index in [9.17, 15) is 9.59 Å². The second-order valence-electron chi connectivity index (χ2n) is 7.47. The Morgan fingerprint density at radius 2 is 1.38 bits per heavy atom. The number of nitrogens with one attached hydrogen (secondary N) is 1. The molecule has 0 saturated heterocycles. The predicted octanol–water partition coefficient (Wildman–Crippen LogP) is 5.61. The van der Waals surface area contributed by atoms with Gasteiger partial charge in [0.1, 0.15) is 6.04 Å². The number of hydrogen-bond acceptors (Lipinski definition) is 4. The minimum atomic E-state index is -0.608. The molecule has 0 aliphatic heterocycles. The van der Waals surface area contributed by atoms with Crippen molar-refractivity contribution in [2.75, 3.05) is 13.2 Å². The molecule has 154 valence electrons. The Kier molecular flexibility index (Phi) is 16.3. The molecule has 0 aromatic rings. The molecule has 26 heavy (non-hydrogen) atoms. The highest BCUT2D eigenvalue weighted by atomic mass is 16.6. The fourth-order valence-corrected chi connectivity index (χ4v) is 2.59. The first-order chi connectivity index (χ1) is 12.5. The molecule has 1 N–H and O–H groups in total. The van der Waals surface area contributed by atoms with Crippen LogP contribution in [0.1, 0.15) is 98.3 Å². The third-order valence-corrected chi connectivity index (χ3v) is 4.21. The summed E-state index contributed by atoms with van der Waals surface area (Å²) in [7, 11) is 0. The lowest BCUT2D eigenvalue weighted by molar-refractivity contribution is -0.146. The number of hydrogen-bond donors (Lipinski definition) is 1. The minimum Gasteiger partial charge on any atom is -0.464 e. The Morgan fingerprint density at radius 1 is 0.808 bits per heavy atom. The average molecular weight is 372 g/mol. The zero-order valence-electron chi connectivity index (χ0n) is 17.5. The molecule has 0 aromatic carbocycles. The van der Waals surface area contributed by atoms with Crippen molar-refractivity contribution in [3.8, 4) is 0 Å². The maximum Gasteiger partial charge on any atom is 0.407 e. The molecule has 0 bridgehead atoms. The van der Waals surface area contributed by atoms with Crippen LogP contribution in [0.5, 0.6) is 0 Å². The molecule has 5 nitrogen and oxygen atoms in total. The van der Waals surface area contributed by atoms with E-state index in [0.29, 0.717) is 19.6 Å². The molecule has 1 unspecified atom stereocenters. The number of carbonyl (C=O) groups excluding carboxylic acids is 2. The summed E-state index contributed by atoms with van der Waals surface area (Å²) in [5.41, 5.74) is 0. The molecule has 0 radical (unpaired) electrons. The quantitative estimate of drug-likeness (QED) is 0.283. The van der Waals surface area contributed by atoms with E-state index in [1.54, 1.807) is 0 Å². The molecule has 1 amide bonds. The van der Waals surface area contributed by atoms with Crippen LogP contribution in [-0.4, -0.2) is 31.3 Å². The molecule has 0 aliphatic rings. The molecule has 0 aromatic heterocycles. The molecule has 0 saturated carbocycles. The van der Waals surface area contributed by atoms with Crippen molar-refractivity contribution in [2.45, 2.75) is 104 Å². The largest absolute Gasteiger partial charge is 0.464 e. The second-order valence-corrected chi connectivity index (χ2v) is 7.47. The van der Waals surface area contributed by atoms with Crippen molar-refractivity contribution in [1.82, 2.24) is 5.32 Å². The minimum absolute atomic E-state index is 0.267. The summed E-state index contributed by atoms with van der Waals surface area (Å²) >= 11 is 0. The zero-order chi connectivity index (χ0) is 19.6. The van der Waals surface area contributed by atoms with E-state index in [4.69, 9.17) is 9.47 Å². The van der Waals surface area contributed by atoms with E-state index in [0.717, 1.165) is 25.7 Å². The number of unbranched alkanes of at least 4 members (excludes halogenated alkanes) is 8. The van der Waals surface area contributed by atoms with Crippen LogP contribution in [0.3, 0.4) is 0 Å². The van der Waals surface area contributed by atoms with Crippen molar-refractivity contribution < 1.29 is 19.1 Å². The van der Waals surface area contributed by atoms with Gasteiger partial charge in [-0.05, 0) is 18.8 Å². The molecular formula is C21H41NO4. The normalized spacial score (nSPS) is 12.0.